The van der Waals surface area contributed by atoms with Gasteiger partial charge in [-0.05, 0) is 42.1 Å². The van der Waals surface area contributed by atoms with Crippen LogP contribution in [0.5, 0.6) is 0 Å². The van der Waals surface area contributed by atoms with Crippen molar-refractivity contribution >= 4 is 22.9 Å². The Morgan fingerprint density at radius 3 is 2.85 bits per heavy atom. The lowest BCUT2D eigenvalue weighted by molar-refractivity contribution is 0.803. The van der Waals surface area contributed by atoms with Crippen LogP contribution in [0.25, 0.3) is 16.3 Å². The molecule has 0 bridgehead atoms. The summed E-state index contributed by atoms with van der Waals surface area (Å²) in [5.41, 5.74) is 2.88. The van der Waals surface area contributed by atoms with E-state index < -0.39 is 0 Å². The maximum Gasteiger partial charge on any atom is 0.191 e. The molecule has 0 fully saturated rings. The highest BCUT2D eigenvalue weighted by atomic mass is 35.5. The molecule has 0 unspecified atom stereocenters. The Labute approximate surface area is 124 Å². The van der Waals surface area contributed by atoms with Crippen LogP contribution in [-0.4, -0.2) is 15.0 Å². The standard InChI is InChI=1S/C14H9ClN4S/c1-9-7-10(15)4-5-12(9)19-14(11(8-16)17-18-19)13-3-2-6-20-13/h2-7H,1H3. The topological polar surface area (TPSA) is 54.5 Å². The van der Waals surface area contributed by atoms with E-state index in [1.165, 1.54) is 0 Å². The summed E-state index contributed by atoms with van der Waals surface area (Å²) in [6.07, 6.45) is 0. The fourth-order valence-electron chi connectivity index (χ4n) is 2.02. The fourth-order valence-corrected chi connectivity index (χ4v) is 3.00. The Morgan fingerprint density at radius 1 is 1.35 bits per heavy atom. The largest absolute Gasteiger partial charge is 0.210 e. The van der Waals surface area contributed by atoms with Gasteiger partial charge >= 0.3 is 0 Å². The van der Waals surface area contributed by atoms with Crippen LogP contribution in [0.15, 0.2) is 35.7 Å². The van der Waals surface area contributed by atoms with E-state index in [1.54, 1.807) is 22.1 Å². The van der Waals surface area contributed by atoms with Gasteiger partial charge in [0.25, 0.3) is 0 Å². The third kappa shape index (κ3) is 2.09. The van der Waals surface area contributed by atoms with Crippen LogP contribution in [0, 0.1) is 18.3 Å². The Bertz CT molecular complexity index is 799. The highest BCUT2D eigenvalue weighted by Crippen LogP contribution is 2.30. The highest BCUT2D eigenvalue weighted by molar-refractivity contribution is 7.13. The first-order valence-electron chi connectivity index (χ1n) is 5.87. The smallest absolute Gasteiger partial charge is 0.191 e. The summed E-state index contributed by atoms with van der Waals surface area (Å²) in [4.78, 5) is 0.959. The molecule has 0 N–H and O–H groups in total. The number of thiophene rings is 1. The molecular formula is C14H9ClN4S. The third-order valence-corrected chi connectivity index (χ3v) is 4.03. The van der Waals surface area contributed by atoms with Crippen LogP contribution in [-0.2, 0) is 0 Å². The van der Waals surface area contributed by atoms with Gasteiger partial charge in [0.15, 0.2) is 5.69 Å². The normalized spacial score (nSPS) is 10.4. The number of rotatable bonds is 2. The van der Waals surface area contributed by atoms with Crippen LogP contribution in [0.4, 0.5) is 0 Å². The molecule has 6 heteroatoms. The fraction of sp³-hybridized carbons (Fsp3) is 0.0714. The van der Waals surface area contributed by atoms with Gasteiger partial charge in [0.1, 0.15) is 11.8 Å². The molecule has 0 spiro atoms. The van der Waals surface area contributed by atoms with Gasteiger partial charge in [-0.1, -0.05) is 22.9 Å². The van der Waals surface area contributed by atoms with E-state index in [-0.39, 0.29) is 0 Å². The molecule has 0 aliphatic carbocycles. The Kier molecular flexibility index (Phi) is 3.26. The summed E-state index contributed by atoms with van der Waals surface area (Å²) in [7, 11) is 0. The molecule has 1 aromatic carbocycles. The van der Waals surface area contributed by atoms with Crippen molar-refractivity contribution in [2.45, 2.75) is 6.92 Å². The lowest BCUT2D eigenvalue weighted by atomic mass is 10.2. The predicted molar refractivity (Wildman–Crippen MR) is 79.1 cm³/mol. The number of hydrogen-bond acceptors (Lipinski definition) is 4. The molecule has 4 nitrogen and oxygen atoms in total. The van der Waals surface area contributed by atoms with Crippen LogP contribution >= 0.6 is 22.9 Å². The molecule has 2 heterocycles. The Hall–Kier alpha value is -2.16. The van der Waals surface area contributed by atoms with E-state index in [1.807, 2.05) is 36.6 Å². The van der Waals surface area contributed by atoms with Crippen molar-refractivity contribution in [3.8, 4) is 22.3 Å². The molecule has 0 aliphatic rings. The first-order chi connectivity index (χ1) is 9.70. The van der Waals surface area contributed by atoms with E-state index >= 15 is 0 Å². The van der Waals surface area contributed by atoms with Crippen LogP contribution < -0.4 is 0 Å². The molecule has 3 rings (SSSR count). The minimum atomic E-state index is 0.321. The summed E-state index contributed by atoms with van der Waals surface area (Å²) in [6, 6.07) is 11.5. The molecule has 0 saturated carbocycles. The van der Waals surface area contributed by atoms with Crippen molar-refractivity contribution in [3.63, 3.8) is 0 Å². The first kappa shape index (κ1) is 12.9. The summed E-state index contributed by atoms with van der Waals surface area (Å²) in [5.74, 6) is 0. The number of halogens is 1. The number of aryl methyl sites for hydroxylation is 1. The van der Waals surface area contributed by atoms with Gasteiger partial charge in [-0.25, -0.2) is 4.68 Å². The first-order valence-corrected chi connectivity index (χ1v) is 7.12. The van der Waals surface area contributed by atoms with Crippen molar-refractivity contribution < 1.29 is 0 Å². The quantitative estimate of drug-likeness (QED) is 0.722. The lowest BCUT2D eigenvalue weighted by Gasteiger charge is -2.08. The van der Waals surface area contributed by atoms with Crippen LogP contribution in [0.1, 0.15) is 11.3 Å². The Morgan fingerprint density at radius 2 is 2.20 bits per heavy atom. The average Bonchev–Trinajstić information content (AvgIpc) is 3.06. The second-order valence-electron chi connectivity index (χ2n) is 4.22. The number of nitrogens with zero attached hydrogens (tertiary/aromatic N) is 4. The maximum atomic E-state index is 9.21. The number of nitriles is 1. The summed E-state index contributed by atoms with van der Waals surface area (Å²) in [5, 5.41) is 19.9. The van der Waals surface area contributed by atoms with E-state index in [0.29, 0.717) is 16.4 Å². The SMILES string of the molecule is Cc1cc(Cl)ccc1-n1nnc(C#N)c1-c1cccs1. The second kappa shape index (κ2) is 5.08. The van der Waals surface area contributed by atoms with E-state index in [2.05, 4.69) is 16.4 Å². The van der Waals surface area contributed by atoms with Gasteiger partial charge < -0.3 is 0 Å². The Balaban J connectivity index is 2.25. The average molecular weight is 301 g/mol. The van der Waals surface area contributed by atoms with Crippen LogP contribution in [0.3, 0.4) is 0 Å². The van der Waals surface area contributed by atoms with Crippen molar-refractivity contribution in [1.29, 1.82) is 5.26 Å². The molecule has 0 amide bonds. The number of hydrogen-bond donors (Lipinski definition) is 0. The van der Waals surface area contributed by atoms with Gasteiger partial charge in [-0.2, -0.15) is 5.26 Å². The second-order valence-corrected chi connectivity index (χ2v) is 5.60. The van der Waals surface area contributed by atoms with Crippen molar-refractivity contribution in [1.82, 2.24) is 15.0 Å². The van der Waals surface area contributed by atoms with Gasteiger partial charge in [-0.15, -0.1) is 16.4 Å². The monoisotopic (exact) mass is 300 g/mol. The van der Waals surface area contributed by atoms with Crippen molar-refractivity contribution in [2.75, 3.05) is 0 Å². The summed E-state index contributed by atoms with van der Waals surface area (Å²) in [6.45, 7) is 1.95. The van der Waals surface area contributed by atoms with E-state index in [9.17, 15) is 5.26 Å². The molecule has 0 saturated heterocycles. The predicted octanol–water partition coefficient (Wildman–Crippen LogP) is 3.83. The van der Waals surface area contributed by atoms with Crippen molar-refractivity contribution in [2.24, 2.45) is 0 Å². The van der Waals surface area contributed by atoms with Gasteiger partial charge in [0.2, 0.25) is 0 Å². The molecule has 0 atom stereocenters. The van der Waals surface area contributed by atoms with E-state index in [0.717, 1.165) is 16.1 Å². The summed E-state index contributed by atoms with van der Waals surface area (Å²) < 4.78 is 1.69. The molecule has 20 heavy (non-hydrogen) atoms. The minimum absolute atomic E-state index is 0.321. The zero-order valence-electron chi connectivity index (χ0n) is 10.5. The molecule has 0 aliphatic heterocycles. The number of benzene rings is 1. The molecule has 98 valence electrons. The maximum absolute atomic E-state index is 9.21. The molecular weight excluding hydrogens is 292 g/mol. The highest BCUT2D eigenvalue weighted by Gasteiger charge is 2.18. The molecule has 2 aromatic heterocycles. The van der Waals surface area contributed by atoms with Gasteiger partial charge in [-0.3, -0.25) is 0 Å². The molecule has 3 aromatic rings. The zero-order valence-corrected chi connectivity index (χ0v) is 12.1. The third-order valence-electron chi connectivity index (χ3n) is 2.92. The van der Waals surface area contributed by atoms with Crippen LogP contribution in [0.2, 0.25) is 5.02 Å². The lowest BCUT2D eigenvalue weighted by Crippen LogP contribution is -2.01. The zero-order chi connectivity index (χ0) is 14.1. The summed E-state index contributed by atoms with van der Waals surface area (Å²) >= 11 is 7.53. The van der Waals surface area contributed by atoms with Crippen molar-refractivity contribution in [3.05, 3.63) is 52.0 Å². The van der Waals surface area contributed by atoms with Gasteiger partial charge in [0.05, 0.1) is 10.6 Å². The minimum Gasteiger partial charge on any atom is -0.210 e. The van der Waals surface area contributed by atoms with E-state index in [4.69, 9.17) is 11.6 Å². The van der Waals surface area contributed by atoms with Gasteiger partial charge in [0, 0.05) is 5.02 Å². The number of aromatic nitrogens is 3. The molecule has 0 radical (unpaired) electrons.